The molecule has 0 bridgehead atoms. The van der Waals surface area contributed by atoms with E-state index in [1.54, 1.807) is 12.1 Å². The number of piperazine rings is 1. The standard InChI is InChI=1S/C28H31N3O3/c32-27(31-18-16-30(17-19-31)20-21-34-25-14-8-3-9-15-25)22-26(23-10-4-1-5-11-23)29-28(33)24-12-6-2-7-13-24/h1-15,26H,16-22H2,(H,29,33)/t26-/m1/s1. The van der Waals surface area contributed by atoms with Crippen LogP contribution in [0.4, 0.5) is 0 Å². The number of nitrogens with one attached hydrogen (secondary N) is 1. The van der Waals surface area contributed by atoms with Gasteiger partial charge in [-0.15, -0.1) is 0 Å². The summed E-state index contributed by atoms with van der Waals surface area (Å²) in [6, 6.07) is 28.2. The van der Waals surface area contributed by atoms with Crippen LogP contribution in [0, 0.1) is 0 Å². The molecule has 0 saturated carbocycles. The number of hydrogen-bond acceptors (Lipinski definition) is 4. The summed E-state index contributed by atoms with van der Waals surface area (Å²) < 4.78 is 5.80. The molecule has 1 heterocycles. The van der Waals surface area contributed by atoms with Gasteiger partial charge in [0.15, 0.2) is 0 Å². The molecule has 1 aliphatic rings. The summed E-state index contributed by atoms with van der Waals surface area (Å²) in [6.45, 7) is 4.44. The molecule has 3 aromatic rings. The van der Waals surface area contributed by atoms with Gasteiger partial charge in [0.05, 0.1) is 12.5 Å². The molecule has 6 nitrogen and oxygen atoms in total. The van der Waals surface area contributed by atoms with Crippen LogP contribution in [0.3, 0.4) is 0 Å². The van der Waals surface area contributed by atoms with Gasteiger partial charge in [0, 0.05) is 38.3 Å². The molecule has 0 spiro atoms. The first-order valence-electron chi connectivity index (χ1n) is 11.8. The molecule has 2 amide bonds. The maximum absolute atomic E-state index is 13.1. The molecule has 1 atom stereocenters. The number of ether oxygens (including phenoxy) is 1. The van der Waals surface area contributed by atoms with Crippen LogP contribution in [0.25, 0.3) is 0 Å². The van der Waals surface area contributed by atoms with Gasteiger partial charge < -0.3 is 15.0 Å². The Morgan fingerprint density at radius 2 is 1.38 bits per heavy atom. The van der Waals surface area contributed by atoms with E-state index in [4.69, 9.17) is 4.74 Å². The zero-order valence-electron chi connectivity index (χ0n) is 19.3. The van der Waals surface area contributed by atoms with Gasteiger partial charge in [0.1, 0.15) is 12.4 Å². The second-order valence-corrected chi connectivity index (χ2v) is 8.39. The van der Waals surface area contributed by atoms with E-state index in [1.165, 1.54) is 0 Å². The van der Waals surface area contributed by atoms with Crippen LogP contribution in [-0.4, -0.2) is 60.9 Å². The average Bonchev–Trinajstić information content (AvgIpc) is 2.90. The maximum Gasteiger partial charge on any atom is 0.251 e. The molecule has 0 unspecified atom stereocenters. The van der Waals surface area contributed by atoms with E-state index in [1.807, 2.05) is 83.8 Å². The predicted molar refractivity (Wildman–Crippen MR) is 133 cm³/mol. The van der Waals surface area contributed by atoms with Gasteiger partial charge in [-0.3, -0.25) is 14.5 Å². The number of carbonyl (C=O) groups excluding carboxylic acids is 2. The van der Waals surface area contributed by atoms with Crippen molar-refractivity contribution < 1.29 is 14.3 Å². The molecule has 0 aromatic heterocycles. The fraction of sp³-hybridized carbons (Fsp3) is 0.286. The third kappa shape index (κ3) is 6.68. The topological polar surface area (TPSA) is 61.9 Å². The summed E-state index contributed by atoms with van der Waals surface area (Å²) in [5.74, 6) is 0.758. The molecule has 176 valence electrons. The van der Waals surface area contributed by atoms with Crippen LogP contribution in [-0.2, 0) is 4.79 Å². The van der Waals surface area contributed by atoms with Crippen molar-refractivity contribution in [2.45, 2.75) is 12.5 Å². The minimum Gasteiger partial charge on any atom is -0.492 e. The highest BCUT2D eigenvalue weighted by Crippen LogP contribution is 2.19. The minimum absolute atomic E-state index is 0.0578. The van der Waals surface area contributed by atoms with Crippen molar-refractivity contribution in [3.63, 3.8) is 0 Å². The van der Waals surface area contributed by atoms with Crippen LogP contribution in [0.5, 0.6) is 5.75 Å². The SMILES string of the molecule is O=C(N[C@H](CC(=O)N1CCN(CCOc2ccccc2)CC1)c1ccccc1)c1ccccc1. The quantitative estimate of drug-likeness (QED) is 0.531. The predicted octanol–water partition coefficient (Wildman–Crippen LogP) is 3.77. The van der Waals surface area contributed by atoms with Crippen molar-refractivity contribution in [2.75, 3.05) is 39.3 Å². The molecule has 0 radical (unpaired) electrons. The molecule has 1 N–H and O–H groups in total. The number of amides is 2. The van der Waals surface area contributed by atoms with Gasteiger partial charge in [0.25, 0.3) is 5.91 Å². The lowest BCUT2D eigenvalue weighted by atomic mass is 10.0. The second kappa shape index (κ2) is 12.0. The van der Waals surface area contributed by atoms with E-state index in [0.29, 0.717) is 25.3 Å². The van der Waals surface area contributed by atoms with Crippen LogP contribution in [0.15, 0.2) is 91.0 Å². The third-order valence-electron chi connectivity index (χ3n) is 6.07. The lowest BCUT2D eigenvalue weighted by Crippen LogP contribution is -2.50. The highest BCUT2D eigenvalue weighted by molar-refractivity contribution is 5.94. The molecule has 34 heavy (non-hydrogen) atoms. The molecule has 1 saturated heterocycles. The fourth-order valence-electron chi connectivity index (χ4n) is 4.10. The van der Waals surface area contributed by atoms with Gasteiger partial charge in [0.2, 0.25) is 5.91 Å². The lowest BCUT2D eigenvalue weighted by Gasteiger charge is -2.35. The van der Waals surface area contributed by atoms with Crippen LogP contribution in [0.2, 0.25) is 0 Å². The van der Waals surface area contributed by atoms with Gasteiger partial charge in [-0.25, -0.2) is 0 Å². The Morgan fingerprint density at radius 3 is 2.03 bits per heavy atom. The van der Waals surface area contributed by atoms with E-state index < -0.39 is 0 Å². The number of hydrogen-bond donors (Lipinski definition) is 1. The highest BCUT2D eigenvalue weighted by atomic mass is 16.5. The molecule has 1 aliphatic heterocycles. The van der Waals surface area contributed by atoms with Crippen molar-refractivity contribution in [3.05, 3.63) is 102 Å². The Kier molecular flexibility index (Phi) is 8.30. The van der Waals surface area contributed by atoms with E-state index in [2.05, 4.69) is 10.2 Å². The molecule has 4 rings (SSSR count). The van der Waals surface area contributed by atoms with Crippen molar-refractivity contribution in [1.82, 2.24) is 15.1 Å². The number of carbonyl (C=O) groups is 2. The number of nitrogens with zero attached hydrogens (tertiary/aromatic N) is 2. The first-order valence-corrected chi connectivity index (χ1v) is 11.8. The summed E-state index contributed by atoms with van der Waals surface area (Å²) in [6.07, 6.45) is 0.236. The molecular formula is C28H31N3O3. The molecule has 0 aliphatic carbocycles. The van der Waals surface area contributed by atoms with E-state index in [-0.39, 0.29) is 24.3 Å². The first-order chi connectivity index (χ1) is 16.7. The minimum atomic E-state index is -0.376. The molecule has 3 aromatic carbocycles. The largest absolute Gasteiger partial charge is 0.492 e. The smallest absolute Gasteiger partial charge is 0.251 e. The Hall–Kier alpha value is -3.64. The third-order valence-corrected chi connectivity index (χ3v) is 6.07. The van der Waals surface area contributed by atoms with E-state index >= 15 is 0 Å². The summed E-state index contributed by atoms with van der Waals surface area (Å²) in [5.41, 5.74) is 1.51. The molecular weight excluding hydrogens is 426 g/mol. The summed E-state index contributed by atoms with van der Waals surface area (Å²) >= 11 is 0. The monoisotopic (exact) mass is 457 g/mol. The normalized spacial score (nSPS) is 14.9. The number of para-hydroxylation sites is 1. The van der Waals surface area contributed by atoms with Crippen LogP contribution >= 0.6 is 0 Å². The van der Waals surface area contributed by atoms with Crippen molar-refractivity contribution in [3.8, 4) is 5.75 Å². The highest BCUT2D eigenvalue weighted by Gasteiger charge is 2.25. The summed E-state index contributed by atoms with van der Waals surface area (Å²) in [7, 11) is 0. The Balaban J connectivity index is 1.29. The van der Waals surface area contributed by atoms with Gasteiger partial charge in [-0.05, 0) is 29.8 Å². The fourth-order valence-corrected chi connectivity index (χ4v) is 4.10. The van der Waals surface area contributed by atoms with Crippen molar-refractivity contribution in [1.29, 1.82) is 0 Å². The average molecular weight is 458 g/mol. The zero-order valence-corrected chi connectivity index (χ0v) is 19.3. The van der Waals surface area contributed by atoms with Crippen LogP contribution < -0.4 is 10.1 Å². The first kappa shape index (κ1) is 23.5. The van der Waals surface area contributed by atoms with E-state index in [9.17, 15) is 9.59 Å². The number of rotatable bonds is 9. The van der Waals surface area contributed by atoms with Crippen molar-refractivity contribution in [2.24, 2.45) is 0 Å². The Bertz CT molecular complexity index is 1040. The maximum atomic E-state index is 13.1. The Morgan fingerprint density at radius 1 is 0.794 bits per heavy atom. The second-order valence-electron chi connectivity index (χ2n) is 8.39. The number of benzene rings is 3. The van der Waals surface area contributed by atoms with Crippen molar-refractivity contribution >= 4 is 11.8 Å². The summed E-state index contributed by atoms with van der Waals surface area (Å²) in [4.78, 5) is 30.1. The van der Waals surface area contributed by atoms with Gasteiger partial charge in [-0.2, -0.15) is 0 Å². The summed E-state index contributed by atoms with van der Waals surface area (Å²) in [5, 5.41) is 3.06. The zero-order chi connectivity index (χ0) is 23.6. The van der Waals surface area contributed by atoms with Gasteiger partial charge in [-0.1, -0.05) is 66.7 Å². The molecule has 6 heteroatoms. The lowest BCUT2D eigenvalue weighted by molar-refractivity contribution is -0.133. The van der Waals surface area contributed by atoms with Gasteiger partial charge >= 0.3 is 0 Å². The molecule has 1 fully saturated rings. The Labute approximate surface area is 201 Å². The van der Waals surface area contributed by atoms with Crippen LogP contribution in [0.1, 0.15) is 28.4 Å². The van der Waals surface area contributed by atoms with E-state index in [0.717, 1.165) is 30.9 Å².